The lowest BCUT2D eigenvalue weighted by Gasteiger charge is -2.06. The van der Waals surface area contributed by atoms with Gasteiger partial charge < -0.3 is 9.84 Å². The van der Waals surface area contributed by atoms with Crippen molar-refractivity contribution in [2.24, 2.45) is 0 Å². The molecule has 0 aromatic heterocycles. The number of hydrogen-bond donors (Lipinski definition) is 1. The summed E-state index contributed by atoms with van der Waals surface area (Å²) in [6.45, 7) is 2.00. The molecule has 108 valence electrons. The molecule has 1 N–H and O–H groups in total. The molecule has 0 saturated heterocycles. The Hall–Kier alpha value is -2.31. The molecule has 0 spiro atoms. The number of aliphatic hydroxyl groups is 1. The summed E-state index contributed by atoms with van der Waals surface area (Å²) in [5.41, 5.74) is 0.783. The van der Waals surface area contributed by atoms with E-state index in [1.807, 2.05) is 6.92 Å². The van der Waals surface area contributed by atoms with Crippen molar-refractivity contribution in [3.05, 3.63) is 59.9 Å². The largest absolute Gasteiger partial charge is 0.454 e. The molecule has 0 aliphatic carbocycles. The Morgan fingerprint density at radius 1 is 1.14 bits per heavy atom. The molecule has 0 radical (unpaired) electrons. The van der Waals surface area contributed by atoms with Crippen LogP contribution < -0.4 is 4.74 Å². The predicted molar refractivity (Wildman–Crippen MR) is 80.7 cm³/mol. The highest BCUT2D eigenvalue weighted by Crippen LogP contribution is 2.23. The van der Waals surface area contributed by atoms with E-state index in [2.05, 4.69) is 11.8 Å². The first kappa shape index (κ1) is 15.1. The number of hydrogen-bond acceptors (Lipinski definition) is 2. The molecule has 0 heterocycles. The van der Waals surface area contributed by atoms with Crippen LogP contribution >= 0.6 is 0 Å². The normalized spacial score (nSPS) is 11.4. The summed E-state index contributed by atoms with van der Waals surface area (Å²) >= 11 is 0. The second kappa shape index (κ2) is 7.47. The van der Waals surface area contributed by atoms with E-state index in [0.29, 0.717) is 12.2 Å². The minimum atomic E-state index is -0.593. The van der Waals surface area contributed by atoms with Gasteiger partial charge in [0.05, 0.1) is 0 Å². The van der Waals surface area contributed by atoms with Crippen LogP contribution in [0.25, 0.3) is 0 Å². The quantitative estimate of drug-likeness (QED) is 0.855. The number of ether oxygens (including phenoxy) is 1. The van der Waals surface area contributed by atoms with Gasteiger partial charge in [0, 0.05) is 5.56 Å². The van der Waals surface area contributed by atoms with Crippen LogP contribution in [0, 0.1) is 17.7 Å². The topological polar surface area (TPSA) is 29.5 Å². The summed E-state index contributed by atoms with van der Waals surface area (Å²) in [7, 11) is 0. The van der Waals surface area contributed by atoms with Crippen molar-refractivity contribution in [1.29, 1.82) is 0 Å². The Morgan fingerprint density at radius 3 is 2.52 bits per heavy atom. The summed E-state index contributed by atoms with van der Waals surface area (Å²) in [5.74, 6) is 6.02. The fraction of sp³-hybridized carbons (Fsp3) is 0.222. The van der Waals surface area contributed by atoms with Crippen LogP contribution in [0.1, 0.15) is 25.3 Å². The van der Waals surface area contributed by atoms with Gasteiger partial charge in [-0.3, -0.25) is 0 Å². The summed E-state index contributed by atoms with van der Waals surface area (Å²) in [4.78, 5) is 0. The van der Waals surface area contributed by atoms with Crippen molar-refractivity contribution in [2.45, 2.75) is 25.9 Å². The molecule has 1 unspecified atom stereocenters. The first-order valence-electron chi connectivity index (χ1n) is 6.91. The zero-order chi connectivity index (χ0) is 15.1. The average molecular weight is 284 g/mol. The van der Waals surface area contributed by atoms with Crippen LogP contribution in [0.2, 0.25) is 0 Å². The van der Waals surface area contributed by atoms with Crippen LogP contribution in [-0.2, 0) is 0 Å². The molecular formula is C18H17FO2. The van der Waals surface area contributed by atoms with Crippen molar-refractivity contribution < 1.29 is 14.2 Å². The SMILES string of the molecule is CCCC(O)C#Cc1ccc(Oc2ccccc2F)cc1. The fourth-order valence-electron chi connectivity index (χ4n) is 1.77. The Kier molecular flexibility index (Phi) is 5.36. The van der Waals surface area contributed by atoms with Gasteiger partial charge >= 0.3 is 0 Å². The lowest BCUT2D eigenvalue weighted by Crippen LogP contribution is -2.00. The van der Waals surface area contributed by atoms with Gasteiger partial charge in [-0.1, -0.05) is 37.3 Å². The standard InChI is InChI=1S/C18H17FO2/c1-2-5-15(20)11-8-14-9-12-16(13-10-14)21-18-7-4-3-6-17(18)19/h3-4,6-7,9-10,12-13,15,20H,2,5H2,1H3. The molecule has 2 aromatic carbocycles. The molecule has 2 aromatic rings. The van der Waals surface area contributed by atoms with E-state index in [-0.39, 0.29) is 5.75 Å². The predicted octanol–water partition coefficient (Wildman–Crippen LogP) is 4.13. The van der Waals surface area contributed by atoms with Crippen LogP contribution in [0.15, 0.2) is 48.5 Å². The maximum atomic E-state index is 13.5. The maximum Gasteiger partial charge on any atom is 0.165 e. The summed E-state index contributed by atoms with van der Waals surface area (Å²) < 4.78 is 18.9. The first-order valence-corrected chi connectivity index (χ1v) is 6.91. The molecule has 0 aliphatic rings. The zero-order valence-corrected chi connectivity index (χ0v) is 11.8. The highest BCUT2D eigenvalue weighted by Gasteiger charge is 2.03. The van der Waals surface area contributed by atoms with Crippen LogP contribution in [0.4, 0.5) is 4.39 Å². The van der Waals surface area contributed by atoms with Gasteiger partial charge in [-0.05, 0) is 42.8 Å². The smallest absolute Gasteiger partial charge is 0.165 e. The third kappa shape index (κ3) is 4.62. The minimum Gasteiger partial charge on any atom is -0.454 e. The van der Waals surface area contributed by atoms with E-state index in [0.717, 1.165) is 12.0 Å². The van der Waals surface area contributed by atoms with Gasteiger partial charge in [0.15, 0.2) is 11.6 Å². The molecular weight excluding hydrogens is 267 g/mol. The summed E-state index contributed by atoms with van der Waals surface area (Å²) in [5, 5.41) is 9.55. The molecule has 21 heavy (non-hydrogen) atoms. The third-order valence-corrected chi connectivity index (χ3v) is 2.86. The van der Waals surface area contributed by atoms with E-state index in [4.69, 9.17) is 4.74 Å². The van der Waals surface area contributed by atoms with Crippen LogP contribution in [-0.4, -0.2) is 11.2 Å². The van der Waals surface area contributed by atoms with E-state index >= 15 is 0 Å². The highest BCUT2D eigenvalue weighted by molar-refractivity contribution is 5.40. The number of halogens is 1. The maximum absolute atomic E-state index is 13.5. The number of rotatable bonds is 4. The van der Waals surface area contributed by atoms with E-state index in [1.165, 1.54) is 6.07 Å². The molecule has 0 fully saturated rings. The monoisotopic (exact) mass is 284 g/mol. The molecule has 0 aliphatic heterocycles. The molecule has 0 bridgehead atoms. The molecule has 3 heteroatoms. The first-order chi connectivity index (χ1) is 10.2. The van der Waals surface area contributed by atoms with Crippen LogP contribution in [0.3, 0.4) is 0 Å². The van der Waals surface area contributed by atoms with Gasteiger partial charge in [0.2, 0.25) is 0 Å². The Bertz CT molecular complexity index is 638. The van der Waals surface area contributed by atoms with Gasteiger partial charge in [-0.15, -0.1) is 0 Å². The molecule has 0 amide bonds. The lowest BCUT2D eigenvalue weighted by molar-refractivity contribution is 0.221. The van der Waals surface area contributed by atoms with Gasteiger partial charge in [-0.2, -0.15) is 0 Å². The number of aliphatic hydroxyl groups excluding tert-OH is 1. The summed E-state index contributed by atoms with van der Waals surface area (Å²) in [6.07, 6.45) is 0.969. The minimum absolute atomic E-state index is 0.190. The molecule has 2 rings (SSSR count). The van der Waals surface area contributed by atoms with Gasteiger partial charge in [0.25, 0.3) is 0 Å². The van der Waals surface area contributed by atoms with Crippen molar-refractivity contribution >= 4 is 0 Å². The van der Waals surface area contributed by atoms with E-state index in [1.54, 1.807) is 42.5 Å². The second-order valence-electron chi connectivity index (χ2n) is 4.63. The van der Waals surface area contributed by atoms with Gasteiger partial charge in [0.1, 0.15) is 11.9 Å². The summed E-state index contributed by atoms with van der Waals surface area (Å²) in [6, 6.07) is 13.3. The van der Waals surface area contributed by atoms with Crippen molar-refractivity contribution in [3.8, 4) is 23.3 Å². The van der Waals surface area contributed by atoms with Gasteiger partial charge in [-0.25, -0.2) is 4.39 Å². The van der Waals surface area contributed by atoms with Crippen molar-refractivity contribution in [2.75, 3.05) is 0 Å². The molecule has 1 atom stereocenters. The van der Waals surface area contributed by atoms with Crippen molar-refractivity contribution in [3.63, 3.8) is 0 Å². The fourth-order valence-corrected chi connectivity index (χ4v) is 1.77. The Morgan fingerprint density at radius 2 is 1.86 bits per heavy atom. The second-order valence-corrected chi connectivity index (χ2v) is 4.63. The average Bonchev–Trinajstić information content (AvgIpc) is 2.49. The Labute approximate surface area is 124 Å². The van der Waals surface area contributed by atoms with E-state index in [9.17, 15) is 9.50 Å². The number of para-hydroxylation sites is 1. The zero-order valence-electron chi connectivity index (χ0n) is 11.8. The van der Waals surface area contributed by atoms with Crippen molar-refractivity contribution in [1.82, 2.24) is 0 Å². The third-order valence-electron chi connectivity index (χ3n) is 2.86. The molecule has 0 saturated carbocycles. The highest BCUT2D eigenvalue weighted by atomic mass is 19.1. The molecule has 2 nitrogen and oxygen atoms in total. The lowest BCUT2D eigenvalue weighted by atomic mass is 10.2. The van der Waals surface area contributed by atoms with Crippen LogP contribution in [0.5, 0.6) is 11.5 Å². The Balaban J connectivity index is 2.04. The number of benzene rings is 2. The van der Waals surface area contributed by atoms with E-state index < -0.39 is 11.9 Å².